The number of nitrogens with one attached hydrogen (secondary N) is 1. The summed E-state index contributed by atoms with van der Waals surface area (Å²) in [6, 6.07) is 7.30. The van der Waals surface area contributed by atoms with Crippen LogP contribution in [0, 0.1) is 11.8 Å². The van der Waals surface area contributed by atoms with Crippen molar-refractivity contribution in [1.82, 2.24) is 9.55 Å². The number of hydrogen-bond donors (Lipinski definition) is 2. The van der Waals surface area contributed by atoms with Crippen LogP contribution in [-0.2, 0) is 13.0 Å². The predicted molar refractivity (Wildman–Crippen MR) is 113 cm³/mol. The standard InChI is InChI=1S/C21H30N4O3/c1-6-15-7-9-16(10-8-15)20(27)24(11-13(2)3)17-18(22)25(12-14(4)5)21(28)23-19(17)26/h7-10,13-14H,6,11-12,22H2,1-5H3,(H,23,26,28). The number of amides is 1. The van der Waals surface area contributed by atoms with Gasteiger partial charge in [-0.25, -0.2) is 4.79 Å². The minimum Gasteiger partial charge on any atom is -0.383 e. The quantitative estimate of drug-likeness (QED) is 0.764. The van der Waals surface area contributed by atoms with Crippen molar-refractivity contribution >= 4 is 17.4 Å². The summed E-state index contributed by atoms with van der Waals surface area (Å²) in [7, 11) is 0. The number of carbonyl (C=O) groups is 1. The first-order chi connectivity index (χ1) is 13.1. The zero-order valence-electron chi connectivity index (χ0n) is 17.3. The molecule has 0 atom stereocenters. The molecule has 0 spiro atoms. The molecule has 0 radical (unpaired) electrons. The lowest BCUT2D eigenvalue weighted by molar-refractivity contribution is 0.0983. The average Bonchev–Trinajstić information content (AvgIpc) is 2.63. The largest absolute Gasteiger partial charge is 0.383 e. The van der Waals surface area contributed by atoms with E-state index in [1.807, 2.05) is 46.8 Å². The summed E-state index contributed by atoms with van der Waals surface area (Å²) < 4.78 is 1.32. The van der Waals surface area contributed by atoms with Crippen molar-refractivity contribution in [2.75, 3.05) is 17.2 Å². The number of nitrogens with two attached hydrogens (primary N) is 1. The molecule has 0 unspecified atom stereocenters. The van der Waals surface area contributed by atoms with E-state index in [0.29, 0.717) is 18.7 Å². The van der Waals surface area contributed by atoms with Crippen LogP contribution in [0.25, 0.3) is 0 Å². The number of rotatable bonds is 7. The van der Waals surface area contributed by atoms with Crippen LogP contribution in [0.2, 0.25) is 0 Å². The molecule has 2 aromatic rings. The molecule has 1 heterocycles. The molecule has 2 rings (SSSR count). The SMILES string of the molecule is CCc1ccc(C(=O)N(CC(C)C)c2c(N)n(CC(C)C)c(=O)[nH]c2=O)cc1. The maximum absolute atomic E-state index is 13.2. The Morgan fingerprint density at radius 3 is 2.21 bits per heavy atom. The Morgan fingerprint density at radius 1 is 1.11 bits per heavy atom. The Balaban J connectivity index is 2.60. The van der Waals surface area contributed by atoms with E-state index in [-0.39, 0.29) is 29.2 Å². The maximum atomic E-state index is 13.2. The van der Waals surface area contributed by atoms with Gasteiger partial charge in [-0.2, -0.15) is 0 Å². The van der Waals surface area contributed by atoms with Crippen LogP contribution in [0.1, 0.15) is 50.5 Å². The van der Waals surface area contributed by atoms with E-state index in [1.165, 1.54) is 9.47 Å². The molecule has 0 fully saturated rings. The number of benzene rings is 1. The van der Waals surface area contributed by atoms with Crippen molar-refractivity contribution in [2.24, 2.45) is 11.8 Å². The van der Waals surface area contributed by atoms with Crippen LogP contribution in [0.3, 0.4) is 0 Å². The molecule has 3 N–H and O–H groups in total. The number of hydrogen-bond acceptors (Lipinski definition) is 4. The minimum absolute atomic E-state index is 0.0154. The summed E-state index contributed by atoms with van der Waals surface area (Å²) in [5.74, 6) is -0.0531. The molecule has 1 aromatic heterocycles. The third kappa shape index (κ3) is 4.71. The maximum Gasteiger partial charge on any atom is 0.330 e. The molecule has 7 heteroatoms. The Morgan fingerprint density at radius 2 is 1.71 bits per heavy atom. The minimum atomic E-state index is -0.651. The number of carbonyl (C=O) groups excluding carboxylic acids is 1. The van der Waals surface area contributed by atoms with E-state index in [4.69, 9.17) is 5.73 Å². The van der Waals surface area contributed by atoms with Gasteiger partial charge in [0.2, 0.25) is 0 Å². The van der Waals surface area contributed by atoms with Crippen LogP contribution in [0.15, 0.2) is 33.9 Å². The molecule has 28 heavy (non-hydrogen) atoms. The molecule has 1 aromatic carbocycles. The third-order valence-electron chi connectivity index (χ3n) is 4.43. The van der Waals surface area contributed by atoms with Gasteiger partial charge in [0.1, 0.15) is 5.82 Å². The number of nitrogen functional groups attached to an aromatic ring is 1. The highest BCUT2D eigenvalue weighted by atomic mass is 16.2. The number of anilines is 2. The first kappa shape index (κ1) is 21.5. The van der Waals surface area contributed by atoms with Gasteiger partial charge in [0.25, 0.3) is 11.5 Å². The zero-order chi connectivity index (χ0) is 21.0. The molecule has 1 amide bonds. The van der Waals surface area contributed by atoms with E-state index in [0.717, 1.165) is 12.0 Å². The van der Waals surface area contributed by atoms with E-state index >= 15 is 0 Å². The smallest absolute Gasteiger partial charge is 0.330 e. The molecule has 0 aliphatic heterocycles. The number of aromatic nitrogens is 2. The van der Waals surface area contributed by atoms with Gasteiger partial charge in [0, 0.05) is 18.7 Å². The predicted octanol–water partition coefficient (Wildman–Crippen LogP) is 2.64. The summed E-state index contributed by atoms with van der Waals surface area (Å²) in [5.41, 5.74) is 6.62. The van der Waals surface area contributed by atoms with Gasteiger partial charge in [-0.1, -0.05) is 46.8 Å². The number of H-pyrrole nitrogens is 1. The Bertz CT molecular complexity index is 940. The fourth-order valence-electron chi connectivity index (χ4n) is 3.06. The highest BCUT2D eigenvalue weighted by molar-refractivity contribution is 6.07. The van der Waals surface area contributed by atoms with Gasteiger partial charge in [-0.15, -0.1) is 0 Å². The monoisotopic (exact) mass is 386 g/mol. The van der Waals surface area contributed by atoms with Gasteiger partial charge < -0.3 is 10.6 Å². The molecular formula is C21H30N4O3. The summed E-state index contributed by atoms with van der Waals surface area (Å²) in [6.45, 7) is 10.5. The van der Waals surface area contributed by atoms with Crippen LogP contribution in [0.4, 0.5) is 11.5 Å². The second kappa shape index (κ2) is 8.91. The van der Waals surface area contributed by atoms with Gasteiger partial charge in [-0.3, -0.25) is 19.1 Å². The molecule has 0 bridgehead atoms. The van der Waals surface area contributed by atoms with E-state index in [2.05, 4.69) is 4.98 Å². The van der Waals surface area contributed by atoms with Crippen molar-refractivity contribution in [3.8, 4) is 0 Å². The number of nitrogens with zero attached hydrogens (tertiary/aromatic N) is 2. The van der Waals surface area contributed by atoms with Gasteiger partial charge in [-0.05, 0) is 36.0 Å². The lowest BCUT2D eigenvalue weighted by Crippen LogP contribution is -2.43. The second-order valence-corrected chi connectivity index (χ2v) is 7.86. The summed E-state index contributed by atoms with van der Waals surface area (Å²) in [6.07, 6.45) is 0.872. The van der Waals surface area contributed by atoms with E-state index in [9.17, 15) is 14.4 Å². The molecular weight excluding hydrogens is 356 g/mol. The summed E-state index contributed by atoms with van der Waals surface area (Å²) in [4.78, 5) is 41.8. The normalized spacial score (nSPS) is 11.2. The summed E-state index contributed by atoms with van der Waals surface area (Å²) in [5, 5.41) is 0. The molecule has 0 aliphatic rings. The summed E-state index contributed by atoms with van der Waals surface area (Å²) >= 11 is 0. The Kier molecular flexibility index (Phi) is 6.83. The van der Waals surface area contributed by atoms with Crippen LogP contribution < -0.4 is 21.9 Å². The van der Waals surface area contributed by atoms with Crippen molar-refractivity contribution in [3.63, 3.8) is 0 Å². The molecule has 0 saturated carbocycles. The lowest BCUT2D eigenvalue weighted by atomic mass is 10.1. The fourth-order valence-corrected chi connectivity index (χ4v) is 3.06. The van der Waals surface area contributed by atoms with Gasteiger partial charge in [0.05, 0.1) is 0 Å². The Hall–Kier alpha value is -2.83. The van der Waals surface area contributed by atoms with Gasteiger partial charge >= 0.3 is 5.69 Å². The third-order valence-corrected chi connectivity index (χ3v) is 4.43. The lowest BCUT2D eigenvalue weighted by Gasteiger charge is -2.26. The van der Waals surface area contributed by atoms with Crippen LogP contribution in [-0.4, -0.2) is 22.0 Å². The molecule has 152 valence electrons. The fraction of sp³-hybridized carbons (Fsp3) is 0.476. The molecule has 0 aliphatic carbocycles. The van der Waals surface area contributed by atoms with Crippen molar-refractivity contribution in [2.45, 2.75) is 47.6 Å². The molecule has 7 nitrogen and oxygen atoms in total. The van der Waals surface area contributed by atoms with Crippen molar-refractivity contribution < 1.29 is 4.79 Å². The van der Waals surface area contributed by atoms with E-state index < -0.39 is 11.2 Å². The van der Waals surface area contributed by atoms with Crippen molar-refractivity contribution in [3.05, 3.63) is 56.2 Å². The highest BCUT2D eigenvalue weighted by Gasteiger charge is 2.26. The first-order valence-corrected chi connectivity index (χ1v) is 9.69. The van der Waals surface area contributed by atoms with Crippen molar-refractivity contribution in [1.29, 1.82) is 0 Å². The average molecular weight is 386 g/mol. The highest BCUT2D eigenvalue weighted by Crippen LogP contribution is 2.21. The topological polar surface area (TPSA) is 101 Å². The number of aromatic amines is 1. The van der Waals surface area contributed by atoms with Crippen LogP contribution in [0.5, 0.6) is 0 Å². The van der Waals surface area contributed by atoms with Gasteiger partial charge in [0.15, 0.2) is 5.69 Å². The first-order valence-electron chi connectivity index (χ1n) is 9.69. The van der Waals surface area contributed by atoms with E-state index in [1.54, 1.807) is 12.1 Å². The second-order valence-electron chi connectivity index (χ2n) is 7.86. The zero-order valence-corrected chi connectivity index (χ0v) is 17.3. The van der Waals surface area contributed by atoms with Crippen LogP contribution >= 0.6 is 0 Å². The molecule has 0 saturated heterocycles. The Labute approximate surface area is 165 Å². The number of aryl methyl sites for hydroxylation is 1.